The number of allylic oxidation sites excluding steroid dienone is 3. The summed E-state index contributed by atoms with van der Waals surface area (Å²) in [5.41, 5.74) is -1.77. The van der Waals surface area contributed by atoms with Gasteiger partial charge in [0.15, 0.2) is 0 Å². The summed E-state index contributed by atoms with van der Waals surface area (Å²) < 4.78 is 65.8. The van der Waals surface area contributed by atoms with E-state index in [0.29, 0.717) is 10.7 Å². The van der Waals surface area contributed by atoms with E-state index < -0.39 is 34.4 Å². The van der Waals surface area contributed by atoms with Gasteiger partial charge in [0, 0.05) is 21.3 Å². The zero-order valence-corrected chi connectivity index (χ0v) is 29.2. The minimum Gasteiger partial charge on any atom is -0.320 e. The van der Waals surface area contributed by atoms with Crippen LogP contribution in [0.1, 0.15) is 77.1 Å². The van der Waals surface area contributed by atoms with E-state index in [0.717, 1.165) is 34.8 Å². The van der Waals surface area contributed by atoms with Gasteiger partial charge in [0.05, 0.1) is 4.91 Å². The molecular weight excluding hydrogens is 655 g/mol. The Hall–Kier alpha value is -1.33. The van der Waals surface area contributed by atoms with E-state index in [-0.39, 0.29) is 4.47 Å². The lowest BCUT2D eigenvalue weighted by atomic mass is 10.1. The second kappa shape index (κ2) is 17.1. The predicted octanol–water partition coefficient (Wildman–Crippen LogP) is 8.98. The van der Waals surface area contributed by atoms with Crippen molar-refractivity contribution in [2.45, 2.75) is 78.8 Å². The van der Waals surface area contributed by atoms with Crippen molar-refractivity contribution in [2.24, 2.45) is 0 Å². The van der Waals surface area contributed by atoms with Gasteiger partial charge in [-0.3, -0.25) is 4.57 Å². The predicted molar refractivity (Wildman–Crippen MR) is 174 cm³/mol. The molecule has 6 nitrogen and oxygen atoms in total. The van der Waals surface area contributed by atoms with Crippen LogP contribution < -0.4 is 4.72 Å². The summed E-state index contributed by atoms with van der Waals surface area (Å²) in [6.07, 6.45) is 6.22. The van der Waals surface area contributed by atoms with Gasteiger partial charge in [-0.15, -0.1) is 0 Å². The normalized spacial score (nSPS) is 13.1. The van der Waals surface area contributed by atoms with Gasteiger partial charge in [0.25, 0.3) is 0 Å². The maximum atomic E-state index is 13.4. The van der Waals surface area contributed by atoms with Crippen LogP contribution in [0.5, 0.6) is 0 Å². The van der Waals surface area contributed by atoms with Gasteiger partial charge in [0.2, 0.25) is 10.0 Å². The molecule has 0 radical (unpaired) electrons. The van der Waals surface area contributed by atoms with Crippen molar-refractivity contribution in [1.29, 1.82) is 0 Å². The third-order valence-corrected chi connectivity index (χ3v) is 9.28. The molecule has 0 saturated heterocycles. The van der Waals surface area contributed by atoms with Gasteiger partial charge in [-0.05, 0) is 76.1 Å². The number of halogens is 3. The first-order chi connectivity index (χ1) is 18.8. The largest absolute Gasteiger partial charge is 0.399 e. The van der Waals surface area contributed by atoms with Crippen LogP contribution in [0.3, 0.4) is 0 Å². The summed E-state index contributed by atoms with van der Waals surface area (Å²) in [7, 11) is -9.08. The maximum absolute atomic E-state index is 13.4. The lowest BCUT2D eigenvalue weighted by Crippen LogP contribution is -2.41. The Balaban J connectivity index is 0.000000757. The van der Waals surface area contributed by atoms with E-state index in [1.54, 1.807) is 6.08 Å². The van der Waals surface area contributed by atoms with Crippen LogP contribution in [0, 0.1) is 6.92 Å². The molecular formula is C29H43BrF2NO5PS2. The second-order valence-corrected chi connectivity index (χ2v) is 14.9. The molecule has 2 rings (SSSR count). The topological polar surface area (TPSA) is 104 Å². The standard InChI is InChI=1S/C18H27NO2S.C9H10BrF2O3PS.C2H6/c1-7-8-9-17(22(20,21)19-18(4,5)6)15(3)16-12-10-14(2)11-13-16;1-17-5-6-2-3-7(8(10)4-6)9(11,12)16(13,14)15;1-2/h8-13,19H,7H2,1-6H3;2-4H,5H2,1H3,(H2,13,14,15);1-2H3/b9-8-,17-15-;;. The molecule has 2 aromatic carbocycles. The average molecular weight is 699 g/mol. The molecule has 0 aliphatic heterocycles. The van der Waals surface area contributed by atoms with E-state index in [4.69, 9.17) is 9.79 Å². The molecule has 41 heavy (non-hydrogen) atoms. The molecule has 0 heterocycles. The van der Waals surface area contributed by atoms with Crippen molar-refractivity contribution in [3.8, 4) is 0 Å². The molecule has 0 fully saturated rings. The Morgan fingerprint density at radius 3 is 2.05 bits per heavy atom. The van der Waals surface area contributed by atoms with Crippen molar-refractivity contribution < 1.29 is 31.6 Å². The third-order valence-electron chi connectivity index (χ3n) is 5.12. The van der Waals surface area contributed by atoms with Gasteiger partial charge in [-0.2, -0.15) is 20.5 Å². The van der Waals surface area contributed by atoms with Crippen LogP contribution in [-0.4, -0.2) is 30.0 Å². The average Bonchev–Trinajstić information content (AvgIpc) is 2.84. The molecule has 0 aliphatic carbocycles. The van der Waals surface area contributed by atoms with Gasteiger partial charge in [-0.25, -0.2) is 13.1 Å². The monoisotopic (exact) mass is 697 g/mol. The van der Waals surface area contributed by atoms with Crippen LogP contribution >= 0.6 is 35.3 Å². The molecule has 0 spiro atoms. The number of hydrogen-bond acceptors (Lipinski definition) is 4. The highest BCUT2D eigenvalue weighted by atomic mass is 79.9. The van der Waals surface area contributed by atoms with Crippen molar-refractivity contribution in [1.82, 2.24) is 4.72 Å². The fraction of sp³-hybridized carbons (Fsp3) is 0.448. The quantitative estimate of drug-likeness (QED) is 0.179. The number of hydrogen-bond donors (Lipinski definition) is 3. The molecule has 0 aromatic heterocycles. The third kappa shape index (κ3) is 12.8. The summed E-state index contributed by atoms with van der Waals surface area (Å²) in [6.45, 7) is 15.4. The number of alkyl halides is 2. The summed E-state index contributed by atoms with van der Waals surface area (Å²) >= 11 is 4.43. The van der Waals surface area contributed by atoms with Crippen LogP contribution in [-0.2, 0) is 26.0 Å². The smallest absolute Gasteiger partial charge is 0.320 e. The summed E-state index contributed by atoms with van der Waals surface area (Å²) in [6, 6.07) is 11.8. The number of aryl methyl sites for hydroxylation is 1. The van der Waals surface area contributed by atoms with Crippen LogP contribution in [0.15, 0.2) is 64.0 Å². The molecule has 3 N–H and O–H groups in total. The van der Waals surface area contributed by atoms with Gasteiger partial charge >= 0.3 is 13.3 Å². The van der Waals surface area contributed by atoms with E-state index in [1.807, 2.05) is 92.0 Å². The molecule has 232 valence electrons. The molecule has 0 bridgehead atoms. The molecule has 0 aliphatic rings. The summed E-state index contributed by atoms with van der Waals surface area (Å²) in [4.78, 5) is 17.6. The lowest BCUT2D eigenvalue weighted by molar-refractivity contribution is 0.0557. The summed E-state index contributed by atoms with van der Waals surface area (Å²) in [5.74, 6) is 0.639. The Morgan fingerprint density at radius 1 is 1.10 bits per heavy atom. The van der Waals surface area contributed by atoms with Crippen molar-refractivity contribution in [3.63, 3.8) is 0 Å². The summed E-state index contributed by atoms with van der Waals surface area (Å²) in [5, 5.41) is 0. The fourth-order valence-electron chi connectivity index (χ4n) is 3.26. The number of sulfonamides is 1. The lowest BCUT2D eigenvalue weighted by Gasteiger charge is -2.22. The van der Waals surface area contributed by atoms with Crippen LogP contribution in [0.2, 0.25) is 0 Å². The van der Waals surface area contributed by atoms with Gasteiger partial charge < -0.3 is 9.79 Å². The van der Waals surface area contributed by atoms with Crippen molar-refractivity contribution in [2.75, 3.05) is 6.26 Å². The molecule has 0 saturated carbocycles. The zero-order chi connectivity index (χ0) is 32.2. The Bertz CT molecular complexity index is 1330. The highest BCUT2D eigenvalue weighted by Gasteiger charge is 2.51. The highest BCUT2D eigenvalue weighted by Crippen LogP contribution is 2.60. The molecule has 0 amide bonds. The van der Waals surface area contributed by atoms with E-state index in [1.165, 1.54) is 23.9 Å². The number of nitrogens with one attached hydrogen (secondary N) is 1. The highest BCUT2D eigenvalue weighted by molar-refractivity contribution is 9.10. The Labute approximate surface area is 257 Å². The number of rotatable bonds is 9. The number of thioether (sulfide) groups is 1. The Morgan fingerprint density at radius 2 is 1.63 bits per heavy atom. The molecule has 0 atom stereocenters. The van der Waals surface area contributed by atoms with Crippen LogP contribution in [0.25, 0.3) is 5.57 Å². The second-order valence-electron chi connectivity index (χ2n) is 9.85. The van der Waals surface area contributed by atoms with E-state index in [9.17, 15) is 21.8 Å². The molecule has 12 heteroatoms. The van der Waals surface area contributed by atoms with Gasteiger partial charge in [0.1, 0.15) is 0 Å². The maximum Gasteiger partial charge on any atom is 0.399 e. The first-order valence-corrected chi connectivity index (χ1v) is 18.2. The van der Waals surface area contributed by atoms with E-state index >= 15 is 0 Å². The van der Waals surface area contributed by atoms with E-state index in [2.05, 4.69) is 20.7 Å². The fourth-order valence-corrected chi connectivity index (χ4v) is 6.82. The van der Waals surface area contributed by atoms with Crippen molar-refractivity contribution in [3.05, 3.63) is 86.2 Å². The van der Waals surface area contributed by atoms with Gasteiger partial charge in [-0.1, -0.05) is 84.7 Å². The van der Waals surface area contributed by atoms with Crippen molar-refractivity contribution >= 4 is 50.9 Å². The number of benzene rings is 2. The SMILES string of the molecule is CC.CC/C=C\C(=C(/C)c1ccc(C)cc1)S(=O)(=O)NC(C)(C)C.CSCc1ccc(C(F)(F)P(=O)(O)O)c(Br)c1. The first-order valence-electron chi connectivity index (χ1n) is 13.0. The molecule has 2 aromatic rings. The molecule has 0 unspecified atom stereocenters. The first kappa shape index (κ1) is 39.7. The van der Waals surface area contributed by atoms with Crippen LogP contribution in [0.4, 0.5) is 8.78 Å². The minimum absolute atomic E-state index is 0.00243. The Kier molecular flexibility index (Phi) is 16.5. The minimum atomic E-state index is -5.52. The zero-order valence-electron chi connectivity index (χ0n) is 25.1.